The summed E-state index contributed by atoms with van der Waals surface area (Å²) in [5.41, 5.74) is 10.6. The Hall–Kier alpha value is -6.96. The Bertz CT molecular complexity index is 3600. The predicted octanol–water partition coefficient (Wildman–Crippen LogP) is 14.9. The standard InChI is InChI=1S/C54H32O/c1-2-6-38-30-50-48(27-37(38)5-1)47-29-40(20-26-49(47)55-50)42-22-19-39(41-21-15-35-13-11-31-7-3-9-33-17-24-44(41)53(35)51(31)33)28-46(42)43-23-16-36-14-12-32-8-4-10-34-18-25-45(43)54(36)52(32)34/h1-30,34,52H/i19D,22D,28D. The molecule has 1 aromatic heterocycles. The summed E-state index contributed by atoms with van der Waals surface area (Å²) in [6.45, 7) is 0. The van der Waals surface area contributed by atoms with E-state index in [1.807, 2.05) is 24.3 Å². The van der Waals surface area contributed by atoms with Gasteiger partial charge in [-0.25, -0.2) is 0 Å². The van der Waals surface area contributed by atoms with Crippen LogP contribution in [0.2, 0.25) is 0 Å². The first-order valence-electron chi connectivity index (χ1n) is 20.6. The van der Waals surface area contributed by atoms with E-state index >= 15 is 0 Å². The molecule has 1 heteroatoms. The molecule has 3 aliphatic rings. The van der Waals surface area contributed by atoms with E-state index in [2.05, 4.69) is 140 Å². The lowest BCUT2D eigenvalue weighted by atomic mass is 9.68. The Morgan fingerprint density at radius 3 is 2.20 bits per heavy atom. The van der Waals surface area contributed by atoms with Gasteiger partial charge in [0.2, 0.25) is 0 Å². The van der Waals surface area contributed by atoms with Crippen molar-refractivity contribution < 1.29 is 8.53 Å². The van der Waals surface area contributed by atoms with Crippen LogP contribution in [0.5, 0.6) is 0 Å². The van der Waals surface area contributed by atoms with Gasteiger partial charge in [0.05, 0.1) is 4.11 Å². The minimum Gasteiger partial charge on any atom is -0.456 e. The smallest absolute Gasteiger partial charge is 0.136 e. The number of benzene rings is 9. The van der Waals surface area contributed by atoms with E-state index in [1.165, 1.54) is 22.1 Å². The van der Waals surface area contributed by atoms with Gasteiger partial charge in [-0.3, -0.25) is 0 Å². The molecule has 0 saturated heterocycles. The van der Waals surface area contributed by atoms with Crippen molar-refractivity contribution in [2.24, 2.45) is 5.92 Å². The first kappa shape index (κ1) is 26.7. The summed E-state index contributed by atoms with van der Waals surface area (Å²) in [4.78, 5) is 0. The molecule has 0 N–H and O–H groups in total. The van der Waals surface area contributed by atoms with Crippen molar-refractivity contribution in [2.45, 2.75) is 5.92 Å². The van der Waals surface area contributed by atoms with Gasteiger partial charge in [-0.15, -0.1) is 0 Å². The van der Waals surface area contributed by atoms with Crippen molar-refractivity contribution in [1.82, 2.24) is 0 Å². The third kappa shape index (κ3) is 4.13. The summed E-state index contributed by atoms with van der Waals surface area (Å²) in [6, 6.07) is 42.6. The van der Waals surface area contributed by atoms with Crippen LogP contribution in [0.15, 0.2) is 180 Å². The van der Waals surface area contributed by atoms with Gasteiger partial charge in [0.25, 0.3) is 0 Å². The van der Waals surface area contributed by atoms with Gasteiger partial charge in [-0.05, 0) is 129 Å². The Morgan fingerprint density at radius 2 is 1.29 bits per heavy atom. The Balaban J connectivity index is 1.13. The lowest BCUT2D eigenvalue weighted by Crippen LogP contribution is -2.21. The number of allylic oxidation sites excluding steroid dienone is 6. The molecular weight excluding hydrogens is 665 g/mol. The molecule has 3 aliphatic carbocycles. The molecular formula is C54H32O. The zero-order chi connectivity index (χ0) is 38.4. The summed E-state index contributed by atoms with van der Waals surface area (Å²) >= 11 is 0. The average Bonchev–Trinajstić information content (AvgIpc) is 3.62. The van der Waals surface area contributed by atoms with E-state index in [0.29, 0.717) is 16.7 Å². The highest BCUT2D eigenvalue weighted by molar-refractivity contribution is 6.25. The van der Waals surface area contributed by atoms with Crippen LogP contribution >= 0.6 is 0 Å². The fraction of sp³-hybridized carbons (Fsp3) is 0.0370. The molecule has 0 radical (unpaired) electrons. The highest BCUT2D eigenvalue weighted by Crippen LogP contribution is 2.51. The van der Waals surface area contributed by atoms with Crippen molar-refractivity contribution in [3.8, 4) is 33.4 Å². The van der Waals surface area contributed by atoms with Crippen molar-refractivity contribution >= 4 is 77.2 Å². The van der Waals surface area contributed by atoms with Gasteiger partial charge in [-0.1, -0.05) is 152 Å². The molecule has 254 valence electrons. The second kappa shape index (κ2) is 10.8. The fourth-order valence-electron chi connectivity index (χ4n) is 9.89. The molecule has 1 nitrogen and oxygen atoms in total. The Morgan fingerprint density at radius 1 is 0.509 bits per heavy atom. The number of hydrogen-bond donors (Lipinski definition) is 0. The monoisotopic (exact) mass is 699 g/mol. The normalized spacial score (nSPS) is 17.7. The summed E-state index contributed by atoms with van der Waals surface area (Å²) in [5.74, 6) is 0.443. The third-order valence-electron chi connectivity index (χ3n) is 12.4. The Kier molecular flexibility index (Phi) is 5.26. The SMILES string of the molecule is [2H]c1c([2H])c(-c2ccc3oc4cc5ccccc5cc4c3c2)c(-c2ccc3c4c2C=CC2C=CC=C(C=C3)C42)c([2H])c1-c1ccc2ccc3cccc4ccc1c2c34. The van der Waals surface area contributed by atoms with E-state index in [1.54, 1.807) is 0 Å². The molecule has 2 unspecified atom stereocenters. The van der Waals surface area contributed by atoms with Crippen LogP contribution in [0.25, 0.3) is 111 Å². The molecule has 0 spiro atoms. The fourth-order valence-corrected chi connectivity index (χ4v) is 9.89. The van der Waals surface area contributed by atoms with E-state index in [4.69, 9.17) is 4.42 Å². The van der Waals surface area contributed by atoms with Gasteiger partial charge >= 0.3 is 0 Å². The highest BCUT2D eigenvalue weighted by Gasteiger charge is 2.33. The van der Waals surface area contributed by atoms with Crippen LogP contribution < -0.4 is 0 Å². The molecule has 55 heavy (non-hydrogen) atoms. The molecule has 0 saturated carbocycles. The minimum atomic E-state index is 0.0507. The zero-order valence-corrected chi connectivity index (χ0v) is 29.7. The molecule has 1 heterocycles. The first-order chi connectivity index (χ1) is 28.5. The van der Waals surface area contributed by atoms with Crippen molar-refractivity contribution in [3.63, 3.8) is 0 Å². The number of rotatable bonds is 3. The van der Waals surface area contributed by atoms with Gasteiger partial charge in [-0.2, -0.15) is 0 Å². The van der Waals surface area contributed by atoms with E-state index < -0.39 is 0 Å². The molecule has 0 aliphatic heterocycles. The third-order valence-corrected chi connectivity index (χ3v) is 12.4. The topological polar surface area (TPSA) is 13.1 Å². The van der Waals surface area contributed by atoms with Crippen molar-refractivity contribution in [3.05, 3.63) is 192 Å². The van der Waals surface area contributed by atoms with Crippen LogP contribution in [0.4, 0.5) is 0 Å². The van der Waals surface area contributed by atoms with Crippen LogP contribution in [0.1, 0.15) is 26.7 Å². The second-order valence-electron chi connectivity index (χ2n) is 15.3. The average molecular weight is 700 g/mol. The molecule has 9 aromatic carbocycles. The summed E-state index contributed by atoms with van der Waals surface area (Å²) < 4.78 is 36.6. The number of furan rings is 1. The quantitative estimate of drug-likeness (QED) is 0.167. The lowest BCUT2D eigenvalue weighted by Gasteiger charge is -2.36. The summed E-state index contributed by atoms with van der Waals surface area (Å²) in [6.07, 6.45) is 15.6. The molecule has 10 aromatic rings. The van der Waals surface area contributed by atoms with Crippen molar-refractivity contribution in [1.29, 1.82) is 0 Å². The first-order valence-corrected chi connectivity index (χ1v) is 19.1. The molecule has 0 fully saturated rings. The molecule has 13 rings (SSSR count). The van der Waals surface area contributed by atoms with E-state index in [-0.39, 0.29) is 30.0 Å². The second-order valence-corrected chi connectivity index (χ2v) is 15.3. The lowest BCUT2D eigenvalue weighted by molar-refractivity contribution is 0.665. The van der Waals surface area contributed by atoms with Crippen LogP contribution in [0.3, 0.4) is 0 Å². The number of fused-ring (bicyclic) bond motifs is 4. The van der Waals surface area contributed by atoms with E-state index in [0.717, 1.165) is 81.9 Å². The largest absolute Gasteiger partial charge is 0.456 e. The summed E-state index contributed by atoms with van der Waals surface area (Å²) in [5, 5.41) is 10.9. The molecule has 0 amide bonds. The molecule has 0 bridgehead atoms. The van der Waals surface area contributed by atoms with Crippen molar-refractivity contribution in [2.75, 3.05) is 0 Å². The van der Waals surface area contributed by atoms with Crippen LogP contribution in [-0.4, -0.2) is 0 Å². The Labute approximate surface area is 322 Å². The minimum absolute atomic E-state index is 0.0507. The van der Waals surface area contributed by atoms with Crippen LogP contribution in [0, 0.1) is 5.92 Å². The zero-order valence-electron chi connectivity index (χ0n) is 32.7. The maximum Gasteiger partial charge on any atom is 0.136 e. The summed E-state index contributed by atoms with van der Waals surface area (Å²) in [7, 11) is 0. The predicted molar refractivity (Wildman–Crippen MR) is 233 cm³/mol. The molecule has 2 atom stereocenters. The highest BCUT2D eigenvalue weighted by atomic mass is 16.3. The van der Waals surface area contributed by atoms with Gasteiger partial charge in [0.15, 0.2) is 0 Å². The van der Waals surface area contributed by atoms with Crippen LogP contribution in [-0.2, 0) is 0 Å². The maximum absolute atomic E-state index is 10.4. The number of hydrogen-bond acceptors (Lipinski definition) is 1. The maximum atomic E-state index is 10.4. The van der Waals surface area contributed by atoms with Gasteiger partial charge < -0.3 is 4.42 Å². The van der Waals surface area contributed by atoms with E-state index in [9.17, 15) is 4.11 Å². The van der Waals surface area contributed by atoms with Gasteiger partial charge in [0.1, 0.15) is 11.2 Å². The van der Waals surface area contributed by atoms with Gasteiger partial charge in [0, 0.05) is 22.6 Å².